The average molecular weight is 309 g/mol. The van der Waals surface area contributed by atoms with E-state index in [9.17, 15) is 4.79 Å². The fourth-order valence-corrected chi connectivity index (χ4v) is 3.00. The number of carbonyl (C=O) groups excluding carboxylic acids is 1. The third kappa shape index (κ3) is 5.68. The highest BCUT2D eigenvalue weighted by Gasteiger charge is 2.16. The SMILES string of the molecule is CC(CNC(=O)CCc1cccc(Cl)c1)N1CCCCC1. The normalized spacial score (nSPS) is 17.4. The Balaban J connectivity index is 1.67. The molecule has 0 radical (unpaired) electrons. The van der Waals surface area contributed by atoms with E-state index in [0.717, 1.165) is 23.6 Å². The molecule has 1 amide bonds. The third-order valence-corrected chi connectivity index (χ3v) is 4.37. The molecule has 1 saturated heterocycles. The zero-order chi connectivity index (χ0) is 15.1. The molecule has 1 aromatic rings. The van der Waals surface area contributed by atoms with Crippen LogP contribution in [0.1, 0.15) is 38.2 Å². The van der Waals surface area contributed by atoms with Crippen molar-refractivity contribution in [3.8, 4) is 0 Å². The Morgan fingerprint density at radius 3 is 2.81 bits per heavy atom. The van der Waals surface area contributed by atoms with Crippen LogP contribution in [0, 0.1) is 0 Å². The van der Waals surface area contributed by atoms with Gasteiger partial charge in [0.1, 0.15) is 0 Å². The van der Waals surface area contributed by atoms with Gasteiger partial charge in [0.2, 0.25) is 5.91 Å². The summed E-state index contributed by atoms with van der Waals surface area (Å²) in [7, 11) is 0. The van der Waals surface area contributed by atoms with Crippen LogP contribution in [0.2, 0.25) is 5.02 Å². The number of hydrogen-bond acceptors (Lipinski definition) is 2. The molecule has 1 aromatic carbocycles. The van der Waals surface area contributed by atoms with Gasteiger partial charge >= 0.3 is 0 Å². The molecule has 1 heterocycles. The van der Waals surface area contributed by atoms with E-state index in [-0.39, 0.29) is 5.91 Å². The number of halogens is 1. The zero-order valence-corrected chi connectivity index (χ0v) is 13.5. The molecule has 3 nitrogen and oxygen atoms in total. The number of nitrogens with one attached hydrogen (secondary N) is 1. The Morgan fingerprint density at radius 2 is 2.10 bits per heavy atom. The van der Waals surface area contributed by atoms with Crippen molar-refractivity contribution < 1.29 is 4.79 Å². The summed E-state index contributed by atoms with van der Waals surface area (Å²) in [5.41, 5.74) is 1.11. The molecule has 21 heavy (non-hydrogen) atoms. The lowest BCUT2D eigenvalue weighted by atomic mass is 10.1. The lowest BCUT2D eigenvalue weighted by molar-refractivity contribution is -0.121. The molecule has 1 unspecified atom stereocenters. The average Bonchev–Trinajstić information content (AvgIpc) is 2.51. The lowest BCUT2D eigenvalue weighted by Crippen LogP contribution is -2.44. The summed E-state index contributed by atoms with van der Waals surface area (Å²) in [6, 6.07) is 8.14. The maximum atomic E-state index is 11.9. The van der Waals surface area contributed by atoms with E-state index in [4.69, 9.17) is 11.6 Å². The Morgan fingerprint density at radius 1 is 1.33 bits per heavy atom. The third-order valence-electron chi connectivity index (χ3n) is 4.14. The van der Waals surface area contributed by atoms with E-state index in [2.05, 4.69) is 17.1 Å². The van der Waals surface area contributed by atoms with Crippen LogP contribution in [0.3, 0.4) is 0 Å². The van der Waals surface area contributed by atoms with Crippen molar-refractivity contribution in [3.05, 3.63) is 34.9 Å². The molecule has 1 aliphatic heterocycles. The quantitative estimate of drug-likeness (QED) is 0.875. The fourth-order valence-electron chi connectivity index (χ4n) is 2.79. The summed E-state index contributed by atoms with van der Waals surface area (Å²) < 4.78 is 0. The Bertz CT molecular complexity index is 458. The van der Waals surface area contributed by atoms with E-state index < -0.39 is 0 Å². The highest BCUT2D eigenvalue weighted by Crippen LogP contribution is 2.13. The number of rotatable bonds is 6. The maximum Gasteiger partial charge on any atom is 0.220 e. The molecule has 0 bridgehead atoms. The highest BCUT2D eigenvalue weighted by molar-refractivity contribution is 6.30. The molecule has 1 N–H and O–H groups in total. The molecule has 0 aliphatic carbocycles. The predicted molar refractivity (Wildman–Crippen MR) is 87.7 cm³/mol. The van der Waals surface area contributed by atoms with Gasteiger partial charge in [0, 0.05) is 24.0 Å². The molecule has 1 atom stereocenters. The predicted octanol–water partition coefficient (Wildman–Crippen LogP) is 3.26. The van der Waals surface area contributed by atoms with Crippen LogP contribution in [0.25, 0.3) is 0 Å². The number of likely N-dealkylation sites (tertiary alicyclic amines) is 1. The van der Waals surface area contributed by atoms with Crippen LogP contribution in [-0.4, -0.2) is 36.5 Å². The van der Waals surface area contributed by atoms with Crippen molar-refractivity contribution >= 4 is 17.5 Å². The van der Waals surface area contributed by atoms with Gasteiger partial charge in [-0.25, -0.2) is 0 Å². The Kier molecular flexibility index (Phi) is 6.52. The summed E-state index contributed by atoms with van der Waals surface area (Å²) >= 11 is 5.94. The van der Waals surface area contributed by atoms with Gasteiger partial charge in [-0.05, 0) is 57.0 Å². The molecule has 4 heteroatoms. The van der Waals surface area contributed by atoms with Crippen molar-refractivity contribution in [2.75, 3.05) is 19.6 Å². The summed E-state index contributed by atoms with van der Waals surface area (Å²) in [5.74, 6) is 0.124. The number of benzene rings is 1. The topological polar surface area (TPSA) is 32.3 Å². The largest absolute Gasteiger partial charge is 0.355 e. The first-order chi connectivity index (χ1) is 10.1. The molecule has 0 spiro atoms. The molecular weight excluding hydrogens is 284 g/mol. The van der Waals surface area contributed by atoms with Gasteiger partial charge in [0.15, 0.2) is 0 Å². The summed E-state index contributed by atoms with van der Waals surface area (Å²) in [6.45, 7) is 5.27. The number of hydrogen-bond donors (Lipinski definition) is 1. The van der Waals surface area contributed by atoms with Gasteiger partial charge in [0.25, 0.3) is 0 Å². The molecule has 1 fully saturated rings. The minimum Gasteiger partial charge on any atom is -0.355 e. The van der Waals surface area contributed by atoms with Gasteiger partial charge in [-0.15, -0.1) is 0 Å². The Labute approximate surface area is 132 Å². The lowest BCUT2D eigenvalue weighted by Gasteiger charge is -2.32. The van der Waals surface area contributed by atoms with E-state index in [1.807, 2.05) is 24.3 Å². The van der Waals surface area contributed by atoms with Gasteiger partial charge < -0.3 is 5.32 Å². The first kappa shape index (κ1) is 16.3. The molecular formula is C17H25ClN2O. The van der Waals surface area contributed by atoms with Gasteiger partial charge in [-0.3, -0.25) is 9.69 Å². The fraction of sp³-hybridized carbons (Fsp3) is 0.588. The zero-order valence-electron chi connectivity index (χ0n) is 12.8. The molecule has 0 aromatic heterocycles. The van der Waals surface area contributed by atoms with Crippen molar-refractivity contribution in [2.45, 2.75) is 45.1 Å². The van der Waals surface area contributed by atoms with E-state index in [1.54, 1.807) is 0 Å². The minimum atomic E-state index is 0.124. The second-order valence-electron chi connectivity index (χ2n) is 5.88. The number of aryl methyl sites for hydroxylation is 1. The smallest absolute Gasteiger partial charge is 0.220 e. The first-order valence-electron chi connectivity index (χ1n) is 7.90. The van der Waals surface area contributed by atoms with Gasteiger partial charge in [-0.2, -0.15) is 0 Å². The van der Waals surface area contributed by atoms with Crippen molar-refractivity contribution in [1.82, 2.24) is 10.2 Å². The summed E-state index contributed by atoms with van der Waals surface area (Å²) in [6.07, 6.45) is 5.17. The number of piperidine rings is 1. The van der Waals surface area contributed by atoms with Crippen molar-refractivity contribution in [2.24, 2.45) is 0 Å². The van der Waals surface area contributed by atoms with Gasteiger partial charge in [-0.1, -0.05) is 30.2 Å². The number of nitrogens with zero attached hydrogens (tertiary/aromatic N) is 1. The Hall–Kier alpha value is -1.06. The molecule has 0 saturated carbocycles. The summed E-state index contributed by atoms with van der Waals surface area (Å²) in [5, 5.41) is 3.78. The van der Waals surface area contributed by atoms with Crippen LogP contribution < -0.4 is 5.32 Å². The second-order valence-corrected chi connectivity index (χ2v) is 6.32. The molecule has 116 valence electrons. The maximum absolute atomic E-state index is 11.9. The van der Waals surface area contributed by atoms with E-state index >= 15 is 0 Å². The van der Waals surface area contributed by atoms with Crippen LogP contribution in [-0.2, 0) is 11.2 Å². The number of amides is 1. The van der Waals surface area contributed by atoms with E-state index in [0.29, 0.717) is 12.5 Å². The van der Waals surface area contributed by atoms with Gasteiger partial charge in [0.05, 0.1) is 0 Å². The monoisotopic (exact) mass is 308 g/mol. The second kappa shape index (κ2) is 8.40. The van der Waals surface area contributed by atoms with Crippen molar-refractivity contribution in [3.63, 3.8) is 0 Å². The molecule has 2 rings (SSSR count). The standard InChI is InChI=1S/C17H25ClN2O/c1-14(20-10-3-2-4-11-20)13-19-17(21)9-8-15-6-5-7-16(18)12-15/h5-7,12,14H,2-4,8-11,13H2,1H3,(H,19,21). The number of carbonyl (C=O) groups is 1. The van der Waals surface area contributed by atoms with E-state index in [1.165, 1.54) is 32.4 Å². The highest BCUT2D eigenvalue weighted by atomic mass is 35.5. The van der Waals surface area contributed by atoms with Crippen molar-refractivity contribution in [1.29, 1.82) is 0 Å². The van der Waals surface area contributed by atoms with Crippen LogP contribution in [0.5, 0.6) is 0 Å². The minimum absolute atomic E-state index is 0.124. The van der Waals surface area contributed by atoms with Crippen LogP contribution in [0.4, 0.5) is 0 Å². The first-order valence-corrected chi connectivity index (χ1v) is 8.28. The summed E-state index contributed by atoms with van der Waals surface area (Å²) in [4.78, 5) is 14.4. The van der Waals surface area contributed by atoms with Crippen LogP contribution in [0.15, 0.2) is 24.3 Å². The van der Waals surface area contributed by atoms with Crippen LogP contribution >= 0.6 is 11.6 Å². The molecule has 1 aliphatic rings.